The summed E-state index contributed by atoms with van der Waals surface area (Å²) in [5, 5.41) is 8.51. The zero-order chi connectivity index (χ0) is 20.4. The smallest absolute Gasteiger partial charge is 0.263 e. The van der Waals surface area contributed by atoms with E-state index in [-0.39, 0.29) is 23.3 Å². The predicted octanol–water partition coefficient (Wildman–Crippen LogP) is 4.99. The number of nitrogens with one attached hydrogen (secondary N) is 1. The molecule has 0 radical (unpaired) electrons. The van der Waals surface area contributed by atoms with E-state index >= 15 is 0 Å². The summed E-state index contributed by atoms with van der Waals surface area (Å²) < 4.78 is 1.69. The predicted molar refractivity (Wildman–Crippen MR) is 123 cm³/mol. The molecule has 0 bridgehead atoms. The van der Waals surface area contributed by atoms with Crippen LogP contribution in [0.15, 0.2) is 32.8 Å². The summed E-state index contributed by atoms with van der Waals surface area (Å²) in [6, 6.07) is 4.29. The van der Waals surface area contributed by atoms with Gasteiger partial charge >= 0.3 is 0 Å². The second kappa shape index (κ2) is 9.02. The van der Waals surface area contributed by atoms with E-state index in [1.807, 2.05) is 29.8 Å². The average molecular weight is 448 g/mol. The van der Waals surface area contributed by atoms with E-state index in [1.54, 1.807) is 15.9 Å². The fourth-order valence-electron chi connectivity index (χ4n) is 3.92. The van der Waals surface area contributed by atoms with Gasteiger partial charge < -0.3 is 5.32 Å². The van der Waals surface area contributed by atoms with Gasteiger partial charge in [0.15, 0.2) is 5.16 Å². The topological polar surface area (TPSA) is 64.0 Å². The zero-order valence-corrected chi connectivity index (χ0v) is 19.1. The molecule has 2 atom stereocenters. The van der Waals surface area contributed by atoms with Gasteiger partial charge in [-0.25, -0.2) is 4.98 Å². The van der Waals surface area contributed by atoms with Gasteiger partial charge in [0.1, 0.15) is 4.83 Å². The van der Waals surface area contributed by atoms with E-state index in [0.29, 0.717) is 23.0 Å². The van der Waals surface area contributed by atoms with E-state index in [0.717, 1.165) is 21.7 Å². The molecule has 154 valence electrons. The largest absolute Gasteiger partial charge is 0.352 e. The number of nitrogens with zero attached hydrogens (tertiary/aromatic N) is 2. The molecule has 2 unspecified atom stereocenters. The molecule has 3 aromatic rings. The number of carbonyl (C=O) groups is 1. The summed E-state index contributed by atoms with van der Waals surface area (Å²) in [5.74, 6) is 0.837. The van der Waals surface area contributed by atoms with Crippen molar-refractivity contribution in [1.29, 1.82) is 0 Å². The Hall–Kier alpha value is -1.64. The minimum Gasteiger partial charge on any atom is -0.352 e. The molecular weight excluding hydrogens is 422 g/mol. The van der Waals surface area contributed by atoms with Crippen molar-refractivity contribution in [2.24, 2.45) is 5.92 Å². The van der Waals surface area contributed by atoms with Crippen molar-refractivity contribution < 1.29 is 4.79 Å². The molecule has 1 aliphatic rings. The first-order valence-electron chi connectivity index (χ1n) is 10.1. The number of carbonyl (C=O) groups excluding carboxylic acids is 1. The Morgan fingerprint density at radius 3 is 2.90 bits per heavy atom. The lowest BCUT2D eigenvalue weighted by Crippen LogP contribution is -2.41. The molecule has 5 nitrogen and oxygen atoms in total. The molecule has 0 aliphatic heterocycles. The Bertz CT molecular complexity index is 1060. The third-order valence-electron chi connectivity index (χ3n) is 5.55. The third-order valence-corrected chi connectivity index (χ3v) is 8.30. The van der Waals surface area contributed by atoms with Crippen molar-refractivity contribution >= 4 is 50.6 Å². The second-order valence-corrected chi connectivity index (χ2v) is 10.2. The van der Waals surface area contributed by atoms with Gasteiger partial charge in [-0.2, -0.15) is 0 Å². The Morgan fingerprint density at radius 1 is 1.34 bits per heavy atom. The summed E-state index contributed by atoms with van der Waals surface area (Å²) in [6.07, 6.45) is 4.67. The maximum atomic E-state index is 13.2. The molecule has 4 rings (SSSR count). The number of fused-ring (bicyclic) bond motifs is 1. The first-order chi connectivity index (χ1) is 14.1. The van der Waals surface area contributed by atoms with Gasteiger partial charge in [-0.1, -0.05) is 37.6 Å². The second-order valence-electron chi connectivity index (χ2n) is 7.48. The van der Waals surface area contributed by atoms with Crippen LogP contribution in [0.25, 0.3) is 20.7 Å². The Balaban J connectivity index is 1.55. The van der Waals surface area contributed by atoms with Crippen LogP contribution >= 0.6 is 34.4 Å². The van der Waals surface area contributed by atoms with Crippen LogP contribution in [-0.4, -0.2) is 27.3 Å². The van der Waals surface area contributed by atoms with Crippen molar-refractivity contribution in [2.75, 3.05) is 5.75 Å². The van der Waals surface area contributed by atoms with Gasteiger partial charge in [0.2, 0.25) is 5.91 Å². The lowest BCUT2D eigenvalue weighted by molar-refractivity contribution is -0.119. The number of amides is 1. The van der Waals surface area contributed by atoms with E-state index in [4.69, 9.17) is 4.98 Å². The van der Waals surface area contributed by atoms with Crippen LogP contribution in [0.2, 0.25) is 0 Å². The first-order valence-corrected chi connectivity index (χ1v) is 12.8. The summed E-state index contributed by atoms with van der Waals surface area (Å²) in [6.45, 7) is 4.69. The van der Waals surface area contributed by atoms with E-state index in [2.05, 4.69) is 12.2 Å². The summed E-state index contributed by atoms with van der Waals surface area (Å²) in [4.78, 5) is 32.2. The van der Waals surface area contributed by atoms with Gasteiger partial charge in [0, 0.05) is 28.4 Å². The number of thiophene rings is 2. The molecule has 8 heteroatoms. The molecule has 1 N–H and O–H groups in total. The van der Waals surface area contributed by atoms with E-state index in [9.17, 15) is 9.59 Å². The van der Waals surface area contributed by atoms with E-state index in [1.165, 1.54) is 42.4 Å². The normalized spacial score (nSPS) is 19.5. The molecule has 29 heavy (non-hydrogen) atoms. The van der Waals surface area contributed by atoms with Gasteiger partial charge in [-0.3, -0.25) is 14.2 Å². The van der Waals surface area contributed by atoms with Crippen LogP contribution in [0.3, 0.4) is 0 Å². The molecule has 0 spiro atoms. The average Bonchev–Trinajstić information content (AvgIpc) is 3.38. The monoisotopic (exact) mass is 447 g/mol. The Labute approximate surface area is 182 Å². The minimum atomic E-state index is -0.0223. The number of thioether (sulfide) groups is 1. The van der Waals surface area contributed by atoms with Gasteiger partial charge in [-0.15, -0.1) is 22.7 Å². The molecule has 3 aromatic heterocycles. The quantitative estimate of drug-likeness (QED) is 0.427. The maximum absolute atomic E-state index is 13.2. The molecule has 0 aromatic carbocycles. The van der Waals surface area contributed by atoms with Crippen LogP contribution in [0.4, 0.5) is 0 Å². The highest BCUT2D eigenvalue weighted by molar-refractivity contribution is 7.99. The van der Waals surface area contributed by atoms with E-state index < -0.39 is 0 Å². The van der Waals surface area contributed by atoms with Crippen molar-refractivity contribution in [3.05, 3.63) is 33.2 Å². The van der Waals surface area contributed by atoms with Crippen molar-refractivity contribution in [1.82, 2.24) is 14.9 Å². The maximum Gasteiger partial charge on any atom is 0.263 e. The van der Waals surface area contributed by atoms with Crippen LogP contribution in [0, 0.1) is 5.92 Å². The summed E-state index contributed by atoms with van der Waals surface area (Å²) >= 11 is 4.47. The highest BCUT2D eigenvalue weighted by atomic mass is 32.2. The summed E-state index contributed by atoms with van der Waals surface area (Å²) in [5.41, 5.74) is 0.936. The fourth-order valence-corrected chi connectivity index (χ4v) is 6.59. The van der Waals surface area contributed by atoms with Crippen LogP contribution < -0.4 is 10.9 Å². The molecule has 1 amide bonds. The lowest BCUT2D eigenvalue weighted by atomic mass is 9.86. The van der Waals surface area contributed by atoms with Gasteiger partial charge in [0.05, 0.1) is 11.1 Å². The minimum absolute atomic E-state index is 0.0223. The third kappa shape index (κ3) is 4.29. The van der Waals surface area contributed by atoms with Crippen molar-refractivity contribution in [3.8, 4) is 10.4 Å². The number of aromatic nitrogens is 2. The molecule has 1 fully saturated rings. The van der Waals surface area contributed by atoms with Crippen LogP contribution in [-0.2, 0) is 11.3 Å². The molecule has 0 saturated heterocycles. The summed E-state index contributed by atoms with van der Waals surface area (Å²) in [7, 11) is 0. The van der Waals surface area contributed by atoms with Crippen LogP contribution in [0.1, 0.15) is 39.5 Å². The zero-order valence-electron chi connectivity index (χ0n) is 16.6. The Kier molecular flexibility index (Phi) is 6.41. The molecule has 1 saturated carbocycles. The van der Waals surface area contributed by atoms with Crippen molar-refractivity contribution in [3.63, 3.8) is 0 Å². The number of hydrogen-bond donors (Lipinski definition) is 1. The first kappa shape index (κ1) is 20.6. The fraction of sp³-hybridized carbons (Fsp3) is 0.476. The molecular formula is C21H25N3O2S3. The number of rotatable bonds is 6. The lowest BCUT2D eigenvalue weighted by Gasteiger charge is -2.29. The SMILES string of the molecule is CCn1c(SCC(=O)NC2CCCCC2C)nc2scc(-c3cccs3)c2c1=O. The standard InChI is InChI=1S/C21H25N3O2S3/c1-3-24-20(26)18-14(16-9-6-10-27-16)11-28-19(18)23-21(24)29-12-17(25)22-15-8-5-4-7-13(15)2/h6,9-11,13,15H,3-5,7-8,12H2,1-2H3,(H,22,25). The van der Waals surface area contributed by atoms with Crippen LogP contribution in [0.5, 0.6) is 0 Å². The highest BCUT2D eigenvalue weighted by Crippen LogP contribution is 2.34. The highest BCUT2D eigenvalue weighted by Gasteiger charge is 2.23. The van der Waals surface area contributed by atoms with Gasteiger partial charge in [0.25, 0.3) is 5.56 Å². The number of hydrogen-bond acceptors (Lipinski definition) is 6. The van der Waals surface area contributed by atoms with Gasteiger partial charge in [-0.05, 0) is 37.1 Å². The van der Waals surface area contributed by atoms with Crippen molar-refractivity contribution in [2.45, 2.75) is 57.3 Å². The Morgan fingerprint density at radius 2 is 2.17 bits per heavy atom. The molecule has 3 heterocycles. The molecule has 1 aliphatic carbocycles.